The van der Waals surface area contributed by atoms with Gasteiger partial charge in [0.25, 0.3) is 0 Å². The third-order valence-corrected chi connectivity index (χ3v) is 6.34. The van der Waals surface area contributed by atoms with Gasteiger partial charge < -0.3 is 15.2 Å². The SMILES string of the molecule is COC(=O)[C@H]1CC[C@H](c2nc(-c3ccc(Oc4ccccc4)cc3)c3c(N)nccn32)CC1. The number of benzene rings is 2. The molecule has 0 unspecified atom stereocenters. The van der Waals surface area contributed by atoms with E-state index in [1.54, 1.807) is 6.20 Å². The topological polar surface area (TPSA) is 91.7 Å². The number of rotatable bonds is 5. The molecule has 2 heterocycles. The minimum Gasteiger partial charge on any atom is -0.469 e. The van der Waals surface area contributed by atoms with Crippen LogP contribution in [0.4, 0.5) is 5.82 Å². The number of esters is 1. The van der Waals surface area contributed by atoms with E-state index in [0.717, 1.165) is 59.8 Å². The van der Waals surface area contributed by atoms with Crippen LogP contribution in [0.15, 0.2) is 67.0 Å². The molecule has 168 valence electrons. The minimum atomic E-state index is -0.117. The zero-order valence-corrected chi connectivity index (χ0v) is 18.5. The quantitative estimate of drug-likeness (QED) is 0.426. The third kappa shape index (κ3) is 4.14. The Kier molecular flexibility index (Phi) is 5.69. The Morgan fingerprint density at radius 3 is 2.39 bits per heavy atom. The molecule has 0 aliphatic heterocycles. The molecule has 5 rings (SSSR count). The molecule has 0 spiro atoms. The van der Waals surface area contributed by atoms with E-state index in [-0.39, 0.29) is 17.8 Å². The van der Waals surface area contributed by atoms with Crippen molar-refractivity contribution >= 4 is 17.3 Å². The van der Waals surface area contributed by atoms with Gasteiger partial charge in [0.2, 0.25) is 0 Å². The standard InChI is InChI=1S/C26H26N4O3/c1-32-26(31)19-9-7-18(8-10-19)25-29-22(23-24(27)28-15-16-30(23)25)17-11-13-21(14-12-17)33-20-5-3-2-4-6-20/h2-6,11-16,18-19H,7-10H2,1H3,(H2,27,28)/t18-,19-. The molecule has 4 aromatic rings. The number of hydrogen-bond donors (Lipinski definition) is 1. The predicted octanol–water partition coefficient (Wildman–Crippen LogP) is 5.22. The van der Waals surface area contributed by atoms with Gasteiger partial charge in [0.15, 0.2) is 0 Å². The first-order valence-electron chi connectivity index (χ1n) is 11.2. The lowest BCUT2D eigenvalue weighted by atomic mass is 9.81. The van der Waals surface area contributed by atoms with Crippen molar-refractivity contribution in [3.05, 3.63) is 72.8 Å². The molecule has 1 aliphatic rings. The van der Waals surface area contributed by atoms with E-state index >= 15 is 0 Å². The highest BCUT2D eigenvalue weighted by Crippen LogP contribution is 2.39. The fraction of sp³-hybridized carbons (Fsp3) is 0.269. The summed E-state index contributed by atoms with van der Waals surface area (Å²) in [7, 11) is 1.45. The van der Waals surface area contributed by atoms with Gasteiger partial charge in [-0.3, -0.25) is 9.20 Å². The van der Waals surface area contributed by atoms with Crippen molar-refractivity contribution in [3.63, 3.8) is 0 Å². The number of nitrogens with two attached hydrogens (primary N) is 1. The van der Waals surface area contributed by atoms with Crippen molar-refractivity contribution in [2.45, 2.75) is 31.6 Å². The van der Waals surface area contributed by atoms with E-state index in [1.165, 1.54) is 7.11 Å². The monoisotopic (exact) mass is 442 g/mol. The predicted molar refractivity (Wildman–Crippen MR) is 126 cm³/mol. The summed E-state index contributed by atoms with van der Waals surface area (Å²) in [6.45, 7) is 0. The average molecular weight is 443 g/mol. The van der Waals surface area contributed by atoms with E-state index in [0.29, 0.717) is 5.82 Å². The van der Waals surface area contributed by atoms with E-state index in [1.807, 2.05) is 60.8 Å². The minimum absolute atomic E-state index is 0.0270. The molecule has 1 fully saturated rings. The van der Waals surface area contributed by atoms with Crippen LogP contribution in [-0.2, 0) is 9.53 Å². The Bertz CT molecular complexity index is 1260. The Hall–Kier alpha value is -3.87. The number of fused-ring (bicyclic) bond motifs is 1. The fourth-order valence-electron chi connectivity index (χ4n) is 4.64. The summed E-state index contributed by atoms with van der Waals surface area (Å²) in [6, 6.07) is 17.5. The number of aromatic nitrogens is 3. The largest absolute Gasteiger partial charge is 0.469 e. The molecule has 2 aromatic heterocycles. The summed E-state index contributed by atoms with van der Waals surface area (Å²) in [5.74, 6) is 3.04. The summed E-state index contributed by atoms with van der Waals surface area (Å²) in [4.78, 5) is 21.3. The lowest BCUT2D eigenvalue weighted by molar-refractivity contribution is -0.146. The molecule has 2 N–H and O–H groups in total. The van der Waals surface area contributed by atoms with Crippen LogP contribution in [0, 0.1) is 5.92 Å². The third-order valence-electron chi connectivity index (χ3n) is 6.34. The van der Waals surface area contributed by atoms with Crippen LogP contribution in [0.5, 0.6) is 11.5 Å². The Morgan fingerprint density at radius 1 is 1.00 bits per heavy atom. The Morgan fingerprint density at radius 2 is 1.70 bits per heavy atom. The summed E-state index contributed by atoms with van der Waals surface area (Å²) < 4.78 is 12.9. The number of nitrogens with zero attached hydrogens (tertiary/aromatic N) is 3. The van der Waals surface area contributed by atoms with Crippen molar-refractivity contribution in [1.29, 1.82) is 0 Å². The van der Waals surface area contributed by atoms with Crippen molar-refractivity contribution in [3.8, 4) is 22.8 Å². The van der Waals surface area contributed by atoms with Gasteiger partial charge in [0.05, 0.1) is 13.0 Å². The maximum Gasteiger partial charge on any atom is 0.308 e. The number of anilines is 1. The molecular formula is C26H26N4O3. The zero-order valence-electron chi connectivity index (χ0n) is 18.5. The van der Waals surface area contributed by atoms with Crippen molar-refractivity contribution < 1.29 is 14.3 Å². The van der Waals surface area contributed by atoms with Gasteiger partial charge in [-0.1, -0.05) is 18.2 Å². The first-order chi connectivity index (χ1) is 16.1. The maximum absolute atomic E-state index is 11.9. The molecular weight excluding hydrogens is 416 g/mol. The lowest BCUT2D eigenvalue weighted by Gasteiger charge is -2.26. The van der Waals surface area contributed by atoms with Crippen molar-refractivity contribution in [2.24, 2.45) is 5.92 Å². The number of methoxy groups -OCH3 is 1. The highest BCUT2D eigenvalue weighted by Gasteiger charge is 2.30. The molecule has 0 saturated heterocycles. The van der Waals surface area contributed by atoms with Crippen LogP contribution in [0.1, 0.15) is 37.4 Å². The first-order valence-corrected chi connectivity index (χ1v) is 11.2. The Balaban J connectivity index is 1.45. The molecule has 0 bridgehead atoms. The molecule has 1 saturated carbocycles. The second-order valence-electron chi connectivity index (χ2n) is 8.36. The second kappa shape index (κ2) is 8.94. The zero-order chi connectivity index (χ0) is 22.8. The smallest absolute Gasteiger partial charge is 0.308 e. The van der Waals surface area contributed by atoms with Gasteiger partial charge >= 0.3 is 5.97 Å². The van der Waals surface area contributed by atoms with Gasteiger partial charge in [0.1, 0.15) is 34.4 Å². The summed E-state index contributed by atoms with van der Waals surface area (Å²) >= 11 is 0. The molecule has 0 radical (unpaired) electrons. The summed E-state index contributed by atoms with van der Waals surface area (Å²) in [5, 5.41) is 0. The maximum atomic E-state index is 11.9. The van der Waals surface area contributed by atoms with Crippen molar-refractivity contribution in [1.82, 2.24) is 14.4 Å². The van der Waals surface area contributed by atoms with Crippen LogP contribution in [-0.4, -0.2) is 27.4 Å². The molecule has 0 amide bonds. The van der Waals surface area contributed by atoms with Crippen LogP contribution in [0.25, 0.3) is 16.8 Å². The van der Waals surface area contributed by atoms with Crippen LogP contribution in [0.3, 0.4) is 0 Å². The first kappa shape index (κ1) is 21.0. The van der Waals surface area contributed by atoms with Gasteiger partial charge in [-0.25, -0.2) is 9.97 Å². The number of hydrogen-bond acceptors (Lipinski definition) is 6. The van der Waals surface area contributed by atoms with E-state index in [9.17, 15) is 4.79 Å². The average Bonchev–Trinajstić information content (AvgIpc) is 3.26. The van der Waals surface area contributed by atoms with Gasteiger partial charge in [0, 0.05) is 23.9 Å². The number of nitrogen functional groups attached to an aromatic ring is 1. The number of carbonyl (C=O) groups excluding carboxylic acids is 1. The van der Waals surface area contributed by atoms with Crippen LogP contribution >= 0.6 is 0 Å². The van der Waals surface area contributed by atoms with E-state index < -0.39 is 0 Å². The fourth-order valence-corrected chi connectivity index (χ4v) is 4.64. The number of ether oxygens (including phenoxy) is 2. The van der Waals surface area contributed by atoms with Gasteiger partial charge in [-0.2, -0.15) is 0 Å². The van der Waals surface area contributed by atoms with E-state index in [4.69, 9.17) is 20.2 Å². The molecule has 2 aromatic carbocycles. The molecule has 33 heavy (non-hydrogen) atoms. The van der Waals surface area contributed by atoms with Gasteiger partial charge in [-0.05, 0) is 62.1 Å². The highest BCUT2D eigenvalue weighted by molar-refractivity contribution is 5.85. The lowest BCUT2D eigenvalue weighted by Crippen LogP contribution is -2.23. The summed E-state index contributed by atoms with van der Waals surface area (Å²) in [5.41, 5.74) is 8.85. The Labute approximate surface area is 192 Å². The molecule has 0 atom stereocenters. The van der Waals surface area contributed by atoms with E-state index in [2.05, 4.69) is 9.38 Å². The molecule has 1 aliphatic carbocycles. The summed E-state index contributed by atoms with van der Waals surface area (Å²) in [6.07, 6.45) is 6.97. The molecule has 7 heteroatoms. The van der Waals surface area contributed by atoms with Crippen LogP contribution in [0.2, 0.25) is 0 Å². The number of imidazole rings is 1. The van der Waals surface area contributed by atoms with Crippen LogP contribution < -0.4 is 10.5 Å². The number of carbonyl (C=O) groups is 1. The normalized spacial score (nSPS) is 18.2. The van der Waals surface area contributed by atoms with Crippen molar-refractivity contribution in [2.75, 3.05) is 12.8 Å². The van der Waals surface area contributed by atoms with Gasteiger partial charge in [-0.15, -0.1) is 0 Å². The molecule has 7 nitrogen and oxygen atoms in total. The second-order valence-corrected chi connectivity index (χ2v) is 8.36. The highest BCUT2D eigenvalue weighted by atomic mass is 16.5. The number of para-hydroxylation sites is 1.